The number of amides is 1. The molecule has 0 bridgehead atoms. The molecular weight excluding hydrogens is 316 g/mol. The summed E-state index contributed by atoms with van der Waals surface area (Å²) in [6.45, 7) is 2.07. The normalized spacial score (nSPS) is 18.5. The summed E-state index contributed by atoms with van der Waals surface area (Å²) in [5, 5.41) is 6.31. The van der Waals surface area contributed by atoms with E-state index >= 15 is 0 Å². The molecule has 2 aromatic carbocycles. The fourth-order valence-corrected chi connectivity index (χ4v) is 3.12. The summed E-state index contributed by atoms with van der Waals surface area (Å²) >= 11 is 3.53. The van der Waals surface area contributed by atoms with E-state index in [1.165, 1.54) is 5.56 Å². The van der Waals surface area contributed by atoms with Gasteiger partial charge in [-0.3, -0.25) is 10.1 Å². The van der Waals surface area contributed by atoms with Crippen molar-refractivity contribution in [2.24, 2.45) is 0 Å². The van der Waals surface area contributed by atoms with E-state index in [0.29, 0.717) is 0 Å². The van der Waals surface area contributed by atoms with Gasteiger partial charge < -0.3 is 5.32 Å². The number of benzene rings is 2. The largest absolute Gasteiger partial charge is 0.324 e. The number of anilines is 1. The maximum atomic E-state index is 12.2. The van der Waals surface area contributed by atoms with Gasteiger partial charge in [0.1, 0.15) is 6.04 Å². The Hall–Kier alpha value is -1.65. The fraction of sp³-hybridized carbons (Fsp3) is 0.188. The van der Waals surface area contributed by atoms with Gasteiger partial charge in [0.2, 0.25) is 5.91 Å². The van der Waals surface area contributed by atoms with E-state index < -0.39 is 0 Å². The summed E-state index contributed by atoms with van der Waals surface area (Å²) in [4.78, 5) is 12.2. The predicted molar refractivity (Wildman–Crippen MR) is 83.5 cm³/mol. The predicted octanol–water partition coefficient (Wildman–Crippen LogP) is 3.79. The smallest absolute Gasteiger partial charge is 0.246 e. The Balaban J connectivity index is 1.87. The van der Waals surface area contributed by atoms with Gasteiger partial charge >= 0.3 is 0 Å². The third-order valence-electron chi connectivity index (χ3n) is 3.58. The second-order valence-corrected chi connectivity index (χ2v) is 5.78. The molecule has 3 rings (SSSR count). The van der Waals surface area contributed by atoms with Crippen LogP contribution in [0, 0.1) is 0 Å². The van der Waals surface area contributed by atoms with Crippen molar-refractivity contribution in [2.45, 2.75) is 19.0 Å². The Kier molecular flexibility index (Phi) is 3.59. The highest BCUT2D eigenvalue weighted by Crippen LogP contribution is 2.37. The number of hydrogen-bond donors (Lipinski definition) is 2. The van der Waals surface area contributed by atoms with Crippen molar-refractivity contribution < 1.29 is 4.79 Å². The minimum Gasteiger partial charge on any atom is -0.324 e. The van der Waals surface area contributed by atoms with Crippen LogP contribution in [-0.4, -0.2) is 5.91 Å². The summed E-state index contributed by atoms with van der Waals surface area (Å²) in [7, 11) is 0. The first-order valence-electron chi connectivity index (χ1n) is 6.57. The van der Waals surface area contributed by atoms with Gasteiger partial charge in [-0.15, -0.1) is 0 Å². The monoisotopic (exact) mass is 330 g/mol. The molecule has 1 aliphatic rings. The molecule has 0 saturated carbocycles. The average molecular weight is 331 g/mol. The van der Waals surface area contributed by atoms with Gasteiger partial charge in [0, 0.05) is 21.8 Å². The number of halogens is 1. The zero-order valence-corrected chi connectivity index (χ0v) is 12.6. The number of hydrogen-bond acceptors (Lipinski definition) is 2. The van der Waals surface area contributed by atoms with Crippen LogP contribution in [0.3, 0.4) is 0 Å². The second-order valence-electron chi connectivity index (χ2n) is 4.92. The number of rotatable bonds is 3. The summed E-state index contributed by atoms with van der Waals surface area (Å²) in [5.41, 5.74) is 3.03. The first-order valence-corrected chi connectivity index (χ1v) is 7.36. The highest BCUT2D eigenvalue weighted by atomic mass is 79.9. The zero-order valence-electron chi connectivity index (χ0n) is 11.1. The molecule has 2 unspecified atom stereocenters. The van der Waals surface area contributed by atoms with Crippen molar-refractivity contribution in [2.75, 3.05) is 5.32 Å². The first-order chi connectivity index (χ1) is 9.66. The lowest BCUT2D eigenvalue weighted by molar-refractivity contribution is -0.117. The number of fused-ring (bicyclic) bond motifs is 1. The van der Waals surface area contributed by atoms with Crippen molar-refractivity contribution in [3.8, 4) is 0 Å². The van der Waals surface area contributed by atoms with E-state index in [4.69, 9.17) is 0 Å². The Labute approximate surface area is 126 Å². The molecule has 3 nitrogen and oxygen atoms in total. The molecule has 0 radical (unpaired) electrons. The lowest BCUT2D eigenvalue weighted by Crippen LogP contribution is -2.30. The standard InChI is InChI=1S/C16H15BrN2O/c1-10(11-6-3-2-4-7-11)18-15-14-12(17)8-5-9-13(14)19-16(15)20/h2-10,15,18H,1H3,(H,19,20). The van der Waals surface area contributed by atoms with Crippen LogP contribution in [0.25, 0.3) is 0 Å². The molecule has 1 heterocycles. The molecule has 102 valence electrons. The first kappa shape index (κ1) is 13.3. The Morgan fingerprint density at radius 1 is 1.15 bits per heavy atom. The highest BCUT2D eigenvalue weighted by Gasteiger charge is 2.33. The molecule has 0 saturated heterocycles. The van der Waals surface area contributed by atoms with Crippen molar-refractivity contribution >= 4 is 27.5 Å². The molecule has 4 heteroatoms. The minimum absolute atomic E-state index is 0.00492. The van der Waals surface area contributed by atoms with Gasteiger partial charge in [-0.2, -0.15) is 0 Å². The lowest BCUT2D eigenvalue weighted by atomic mass is 10.0. The van der Waals surface area contributed by atoms with Gasteiger partial charge in [-0.1, -0.05) is 52.3 Å². The van der Waals surface area contributed by atoms with Crippen LogP contribution in [-0.2, 0) is 4.79 Å². The van der Waals surface area contributed by atoms with Crippen molar-refractivity contribution in [1.29, 1.82) is 0 Å². The van der Waals surface area contributed by atoms with Crippen LogP contribution < -0.4 is 10.6 Å². The number of nitrogens with one attached hydrogen (secondary N) is 2. The van der Waals surface area contributed by atoms with E-state index in [0.717, 1.165) is 15.7 Å². The van der Waals surface area contributed by atoms with Gasteiger partial charge in [-0.05, 0) is 24.6 Å². The average Bonchev–Trinajstić information content (AvgIpc) is 2.77. The molecule has 2 aromatic rings. The molecule has 0 aromatic heterocycles. The zero-order chi connectivity index (χ0) is 14.1. The maximum Gasteiger partial charge on any atom is 0.246 e. The number of carbonyl (C=O) groups is 1. The van der Waals surface area contributed by atoms with Gasteiger partial charge in [0.05, 0.1) is 0 Å². The van der Waals surface area contributed by atoms with Gasteiger partial charge in [0.25, 0.3) is 0 Å². The third-order valence-corrected chi connectivity index (χ3v) is 4.27. The van der Waals surface area contributed by atoms with E-state index in [1.807, 2.05) is 36.4 Å². The molecule has 1 aliphatic heterocycles. The van der Waals surface area contributed by atoms with Crippen LogP contribution in [0.2, 0.25) is 0 Å². The van der Waals surface area contributed by atoms with E-state index in [-0.39, 0.29) is 18.0 Å². The topological polar surface area (TPSA) is 41.1 Å². The summed E-state index contributed by atoms with van der Waals surface area (Å²) in [5.74, 6) is -0.00492. The SMILES string of the molecule is CC(NC1C(=O)Nc2cccc(Br)c21)c1ccccc1. The molecular formula is C16H15BrN2O. The second kappa shape index (κ2) is 5.38. The third kappa shape index (κ3) is 2.37. The van der Waals surface area contributed by atoms with Crippen molar-refractivity contribution in [3.05, 3.63) is 64.1 Å². The van der Waals surface area contributed by atoms with Crippen molar-refractivity contribution in [1.82, 2.24) is 5.32 Å². The van der Waals surface area contributed by atoms with E-state index in [9.17, 15) is 4.79 Å². The molecule has 0 aliphatic carbocycles. The Bertz CT molecular complexity index is 642. The molecule has 0 fully saturated rings. The molecule has 2 N–H and O–H groups in total. The summed E-state index contributed by atoms with van der Waals surface area (Å²) in [6.07, 6.45) is 0. The highest BCUT2D eigenvalue weighted by molar-refractivity contribution is 9.10. The van der Waals surface area contributed by atoms with Crippen molar-refractivity contribution in [3.63, 3.8) is 0 Å². The quantitative estimate of drug-likeness (QED) is 0.898. The summed E-state index contributed by atoms with van der Waals surface area (Å²) < 4.78 is 0.950. The maximum absolute atomic E-state index is 12.2. The summed E-state index contributed by atoms with van der Waals surface area (Å²) in [6, 6.07) is 15.7. The lowest BCUT2D eigenvalue weighted by Gasteiger charge is -2.19. The van der Waals surface area contributed by atoms with Gasteiger partial charge in [0.15, 0.2) is 0 Å². The molecule has 20 heavy (non-hydrogen) atoms. The van der Waals surface area contributed by atoms with Crippen LogP contribution in [0.4, 0.5) is 5.69 Å². The minimum atomic E-state index is -0.323. The van der Waals surface area contributed by atoms with Crippen LogP contribution in [0.1, 0.15) is 30.1 Å². The van der Waals surface area contributed by atoms with Gasteiger partial charge in [-0.25, -0.2) is 0 Å². The van der Waals surface area contributed by atoms with E-state index in [1.54, 1.807) is 0 Å². The number of carbonyl (C=O) groups excluding carboxylic acids is 1. The molecule has 1 amide bonds. The Morgan fingerprint density at radius 3 is 2.65 bits per heavy atom. The van der Waals surface area contributed by atoms with E-state index in [2.05, 4.69) is 45.6 Å². The van der Waals surface area contributed by atoms with Crippen LogP contribution in [0.15, 0.2) is 53.0 Å². The van der Waals surface area contributed by atoms with Crippen LogP contribution in [0.5, 0.6) is 0 Å². The molecule has 0 spiro atoms. The van der Waals surface area contributed by atoms with Crippen LogP contribution >= 0.6 is 15.9 Å². The fourth-order valence-electron chi connectivity index (χ4n) is 2.52. The Morgan fingerprint density at radius 2 is 1.90 bits per heavy atom. The molecule has 2 atom stereocenters.